The Kier molecular flexibility index (Phi) is 8.70. The first kappa shape index (κ1) is 24.6. The van der Waals surface area contributed by atoms with Gasteiger partial charge in [0.25, 0.3) is 0 Å². The van der Waals surface area contributed by atoms with Crippen LogP contribution in [-0.4, -0.2) is 54.2 Å². The van der Waals surface area contributed by atoms with E-state index >= 15 is 0 Å². The van der Waals surface area contributed by atoms with Crippen molar-refractivity contribution in [2.24, 2.45) is 4.99 Å². The lowest BCUT2D eigenvalue weighted by Gasteiger charge is -2.37. The van der Waals surface area contributed by atoms with E-state index in [9.17, 15) is 9.50 Å². The molecule has 9 heteroatoms. The molecule has 0 saturated carbocycles. The van der Waals surface area contributed by atoms with Gasteiger partial charge in [-0.05, 0) is 29.8 Å². The quantitative estimate of drug-likeness (QED) is 0.275. The molecule has 0 unspecified atom stereocenters. The Balaban J connectivity index is 0.00000306. The number of nitrogens with zero attached hydrogens (tertiary/aromatic N) is 4. The number of aliphatic imine (C=N–C) groups is 1. The van der Waals surface area contributed by atoms with Gasteiger partial charge in [-0.2, -0.15) is 0 Å². The first-order valence-corrected chi connectivity index (χ1v) is 10.5. The van der Waals surface area contributed by atoms with Crippen LogP contribution in [0.3, 0.4) is 0 Å². The summed E-state index contributed by atoms with van der Waals surface area (Å²) in [6.45, 7) is 3.76. The zero-order valence-corrected chi connectivity index (χ0v) is 20.6. The molecule has 3 aromatic rings. The molecule has 2 heterocycles. The van der Waals surface area contributed by atoms with E-state index < -0.39 is 0 Å². The number of piperazine rings is 1. The number of pyridine rings is 1. The fourth-order valence-corrected chi connectivity index (χ4v) is 3.63. The highest BCUT2D eigenvalue weighted by Gasteiger charge is 2.21. The van der Waals surface area contributed by atoms with E-state index in [1.54, 1.807) is 37.5 Å². The van der Waals surface area contributed by atoms with Crippen molar-refractivity contribution in [3.8, 4) is 17.4 Å². The number of guanidine groups is 1. The summed E-state index contributed by atoms with van der Waals surface area (Å²) in [4.78, 5) is 13.1. The summed E-state index contributed by atoms with van der Waals surface area (Å²) < 4.78 is 18.9. The van der Waals surface area contributed by atoms with Crippen LogP contribution in [0.1, 0.15) is 5.56 Å². The maximum atomic E-state index is 13.3. The van der Waals surface area contributed by atoms with Crippen LogP contribution in [0.5, 0.6) is 17.4 Å². The lowest BCUT2D eigenvalue weighted by molar-refractivity contribution is 0.369. The third kappa shape index (κ3) is 6.47. The van der Waals surface area contributed by atoms with Crippen LogP contribution in [0.4, 0.5) is 10.1 Å². The van der Waals surface area contributed by atoms with E-state index in [2.05, 4.69) is 25.1 Å². The van der Waals surface area contributed by atoms with E-state index in [0.717, 1.165) is 43.4 Å². The predicted molar refractivity (Wildman–Crippen MR) is 138 cm³/mol. The lowest BCUT2D eigenvalue weighted by Crippen LogP contribution is -2.52. The number of aromatic nitrogens is 1. The number of phenolic OH excluding ortho intramolecular Hbond substituents is 1. The number of rotatable bonds is 5. The number of ether oxygens (including phenoxy) is 1. The van der Waals surface area contributed by atoms with Crippen molar-refractivity contribution in [2.75, 3.05) is 38.1 Å². The molecule has 7 nitrogen and oxygen atoms in total. The van der Waals surface area contributed by atoms with E-state index in [1.165, 1.54) is 12.1 Å². The number of aromatic hydroxyl groups is 1. The molecule has 1 saturated heterocycles. The Hall–Kier alpha value is -3.08. The zero-order valence-electron chi connectivity index (χ0n) is 18.3. The molecule has 0 bridgehead atoms. The summed E-state index contributed by atoms with van der Waals surface area (Å²) in [6.07, 6.45) is 1.73. The highest BCUT2D eigenvalue weighted by atomic mass is 127. The molecule has 2 aromatic carbocycles. The highest BCUT2D eigenvalue weighted by Crippen LogP contribution is 2.27. The average molecular weight is 563 g/mol. The van der Waals surface area contributed by atoms with Crippen molar-refractivity contribution in [2.45, 2.75) is 6.54 Å². The minimum absolute atomic E-state index is 0. The minimum Gasteiger partial charge on any atom is -0.506 e. The third-order valence-corrected chi connectivity index (χ3v) is 5.28. The number of benzene rings is 2. The average Bonchev–Trinajstić information content (AvgIpc) is 2.81. The molecular formula is C24H27FIN5O2. The maximum absolute atomic E-state index is 13.3. The zero-order chi connectivity index (χ0) is 22.3. The van der Waals surface area contributed by atoms with Gasteiger partial charge in [0.15, 0.2) is 5.96 Å². The molecule has 0 radical (unpaired) electrons. The summed E-state index contributed by atoms with van der Waals surface area (Å²) in [7, 11) is 1.77. The fourth-order valence-electron chi connectivity index (χ4n) is 3.63. The summed E-state index contributed by atoms with van der Waals surface area (Å²) in [5.41, 5.74) is 1.84. The van der Waals surface area contributed by atoms with Crippen molar-refractivity contribution in [1.82, 2.24) is 15.2 Å². The number of halogens is 2. The Morgan fingerprint density at radius 3 is 2.55 bits per heavy atom. The van der Waals surface area contributed by atoms with Crippen LogP contribution < -0.4 is 15.0 Å². The van der Waals surface area contributed by atoms with Gasteiger partial charge >= 0.3 is 0 Å². The molecule has 0 atom stereocenters. The molecule has 1 aliphatic heterocycles. The van der Waals surface area contributed by atoms with Gasteiger partial charge in [-0.25, -0.2) is 9.37 Å². The maximum Gasteiger partial charge on any atom is 0.219 e. The molecule has 4 rings (SSSR count). The normalized spacial score (nSPS) is 13.9. The second kappa shape index (κ2) is 11.7. The van der Waals surface area contributed by atoms with E-state index in [0.29, 0.717) is 23.9 Å². The summed E-state index contributed by atoms with van der Waals surface area (Å²) in [6, 6.07) is 17.1. The second-order valence-corrected chi connectivity index (χ2v) is 7.43. The molecule has 0 amide bonds. The molecule has 1 aliphatic rings. The van der Waals surface area contributed by atoms with Crippen LogP contribution >= 0.6 is 24.0 Å². The van der Waals surface area contributed by atoms with Crippen LogP contribution in [0.15, 0.2) is 71.9 Å². The molecule has 1 aromatic heterocycles. The highest BCUT2D eigenvalue weighted by molar-refractivity contribution is 14.0. The Bertz CT molecular complexity index is 1070. The van der Waals surface area contributed by atoms with Crippen LogP contribution in [0.2, 0.25) is 0 Å². The number of anilines is 1. The monoisotopic (exact) mass is 563 g/mol. The Morgan fingerprint density at radius 2 is 1.88 bits per heavy atom. The number of nitrogens with one attached hydrogen (secondary N) is 1. The molecule has 0 aliphatic carbocycles. The molecule has 2 N–H and O–H groups in total. The minimum atomic E-state index is -0.351. The van der Waals surface area contributed by atoms with Gasteiger partial charge in [-0.15, -0.1) is 24.0 Å². The first-order valence-electron chi connectivity index (χ1n) is 10.5. The summed E-state index contributed by atoms with van der Waals surface area (Å²) in [5.74, 6) is 1.59. The van der Waals surface area contributed by atoms with Crippen LogP contribution in [0, 0.1) is 5.82 Å². The Labute approximate surface area is 209 Å². The van der Waals surface area contributed by atoms with E-state index in [-0.39, 0.29) is 29.8 Å². The molecule has 0 spiro atoms. The summed E-state index contributed by atoms with van der Waals surface area (Å²) >= 11 is 0. The SMILES string of the molecule is CN=C(NCc1ccc(Oc2cccc(F)c2)nc1)N1CCN(c2ccccc2O)CC1.I. The van der Waals surface area contributed by atoms with Gasteiger partial charge in [-0.3, -0.25) is 4.99 Å². The number of hydrogen-bond donors (Lipinski definition) is 2. The van der Waals surface area contributed by atoms with Crippen LogP contribution in [-0.2, 0) is 6.54 Å². The molecule has 174 valence electrons. The van der Waals surface area contributed by atoms with Gasteiger partial charge < -0.3 is 25.0 Å². The van der Waals surface area contributed by atoms with Gasteiger partial charge in [0.05, 0.1) is 5.69 Å². The van der Waals surface area contributed by atoms with Crippen molar-refractivity contribution >= 4 is 35.6 Å². The van der Waals surface area contributed by atoms with Gasteiger partial charge in [0, 0.05) is 58.1 Å². The molecule has 1 fully saturated rings. The number of phenols is 1. The third-order valence-electron chi connectivity index (χ3n) is 5.28. The summed E-state index contributed by atoms with van der Waals surface area (Å²) in [5, 5.41) is 13.5. The van der Waals surface area contributed by atoms with Crippen molar-refractivity contribution < 1.29 is 14.2 Å². The molecule has 33 heavy (non-hydrogen) atoms. The molecular weight excluding hydrogens is 536 g/mol. The number of hydrogen-bond acceptors (Lipinski definition) is 5. The second-order valence-electron chi connectivity index (χ2n) is 7.43. The standard InChI is InChI=1S/C24H26FN5O2.HI/c1-26-24(30-13-11-29(12-14-30)21-7-2-3-8-22(21)31)28-17-18-9-10-23(27-16-18)32-20-6-4-5-19(25)15-20;/h2-10,15-16,31H,11-14,17H2,1H3,(H,26,28);1H. The van der Waals surface area contributed by atoms with Crippen LogP contribution in [0.25, 0.3) is 0 Å². The van der Waals surface area contributed by atoms with E-state index in [4.69, 9.17) is 4.74 Å². The van der Waals surface area contributed by atoms with Crippen molar-refractivity contribution in [3.63, 3.8) is 0 Å². The Morgan fingerprint density at radius 1 is 1.09 bits per heavy atom. The van der Waals surface area contributed by atoms with Gasteiger partial charge in [0.2, 0.25) is 5.88 Å². The van der Waals surface area contributed by atoms with Gasteiger partial charge in [0.1, 0.15) is 17.3 Å². The predicted octanol–water partition coefficient (Wildman–Crippen LogP) is 4.23. The largest absolute Gasteiger partial charge is 0.506 e. The van der Waals surface area contributed by atoms with Gasteiger partial charge in [-0.1, -0.05) is 24.3 Å². The topological polar surface area (TPSA) is 73.2 Å². The van der Waals surface area contributed by atoms with Crippen molar-refractivity contribution in [3.05, 3.63) is 78.2 Å². The lowest BCUT2D eigenvalue weighted by atomic mass is 10.2. The number of para-hydroxylation sites is 2. The fraction of sp³-hybridized carbons (Fsp3) is 0.250. The van der Waals surface area contributed by atoms with E-state index in [1.807, 2.05) is 24.3 Å². The van der Waals surface area contributed by atoms with Crippen molar-refractivity contribution in [1.29, 1.82) is 0 Å². The smallest absolute Gasteiger partial charge is 0.219 e. The first-order chi connectivity index (χ1) is 15.6.